The van der Waals surface area contributed by atoms with Crippen molar-refractivity contribution in [3.8, 4) is 0 Å². The SMILES string of the molecule is CC(C)(C)[C@H](N)C(=O)NCC1(c2ccc(Cl)cc2)CC1.Cl. The summed E-state index contributed by atoms with van der Waals surface area (Å²) in [5, 5.41) is 3.75. The normalized spacial score (nSPS) is 17.6. The summed E-state index contributed by atoms with van der Waals surface area (Å²) in [5.74, 6) is -0.0715. The van der Waals surface area contributed by atoms with E-state index in [9.17, 15) is 4.79 Å². The Balaban J connectivity index is 0.00000220. The van der Waals surface area contributed by atoms with E-state index in [-0.39, 0.29) is 29.1 Å². The minimum absolute atomic E-state index is 0. The number of nitrogens with one attached hydrogen (secondary N) is 1. The summed E-state index contributed by atoms with van der Waals surface area (Å²) in [6.07, 6.45) is 2.19. The number of carbonyl (C=O) groups excluding carboxylic acids is 1. The van der Waals surface area contributed by atoms with Crippen LogP contribution in [-0.2, 0) is 10.2 Å². The van der Waals surface area contributed by atoms with Gasteiger partial charge in [-0.25, -0.2) is 0 Å². The van der Waals surface area contributed by atoms with Crippen LogP contribution in [0.1, 0.15) is 39.2 Å². The molecule has 21 heavy (non-hydrogen) atoms. The molecule has 118 valence electrons. The molecule has 0 aromatic heterocycles. The fourth-order valence-corrected chi connectivity index (χ4v) is 2.41. The van der Waals surface area contributed by atoms with Crippen LogP contribution in [-0.4, -0.2) is 18.5 Å². The van der Waals surface area contributed by atoms with Crippen LogP contribution in [0.3, 0.4) is 0 Å². The highest BCUT2D eigenvalue weighted by Crippen LogP contribution is 2.47. The van der Waals surface area contributed by atoms with Gasteiger partial charge >= 0.3 is 0 Å². The van der Waals surface area contributed by atoms with Gasteiger partial charge in [0, 0.05) is 17.0 Å². The first-order chi connectivity index (χ1) is 9.24. The number of rotatable bonds is 4. The summed E-state index contributed by atoms with van der Waals surface area (Å²) in [6, 6.07) is 7.42. The fourth-order valence-electron chi connectivity index (χ4n) is 2.28. The van der Waals surface area contributed by atoms with Crippen molar-refractivity contribution in [3.63, 3.8) is 0 Å². The molecular formula is C16H24Cl2N2O. The van der Waals surface area contributed by atoms with Gasteiger partial charge in [0.15, 0.2) is 0 Å². The molecule has 0 unspecified atom stereocenters. The Morgan fingerprint density at radius 2 is 1.86 bits per heavy atom. The topological polar surface area (TPSA) is 55.1 Å². The molecule has 5 heteroatoms. The third-order valence-corrected chi connectivity index (χ3v) is 4.38. The summed E-state index contributed by atoms with van der Waals surface area (Å²) in [7, 11) is 0. The molecule has 3 nitrogen and oxygen atoms in total. The average molecular weight is 331 g/mol. The van der Waals surface area contributed by atoms with E-state index in [2.05, 4.69) is 5.32 Å². The predicted molar refractivity (Wildman–Crippen MR) is 90.1 cm³/mol. The number of nitrogens with two attached hydrogens (primary N) is 1. The molecule has 2 rings (SSSR count). The van der Waals surface area contributed by atoms with Gasteiger partial charge in [-0.15, -0.1) is 12.4 Å². The molecule has 0 spiro atoms. The van der Waals surface area contributed by atoms with Gasteiger partial charge in [0.05, 0.1) is 6.04 Å². The first kappa shape index (κ1) is 18.3. The molecule has 0 bridgehead atoms. The van der Waals surface area contributed by atoms with Gasteiger partial charge in [0.1, 0.15) is 0 Å². The van der Waals surface area contributed by atoms with Gasteiger partial charge in [0.2, 0.25) is 5.91 Å². The molecule has 1 aromatic carbocycles. The number of halogens is 2. The van der Waals surface area contributed by atoms with Crippen molar-refractivity contribution in [2.45, 2.75) is 45.1 Å². The molecule has 1 amide bonds. The Morgan fingerprint density at radius 1 is 1.33 bits per heavy atom. The summed E-state index contributed by atoms with van der Waals surface area (Å²) in [4.78, 5) is 12.1. The lowest BCUT2D eigenvalue weighted by atomic mass is 9.86. The van der Waals surface area contributed by atoms with Crippen molar-refractivity contribution in [2.24, 2.45) is 11.1 Å². The Labute approximate surface area is 138 Å². The van der Waals surface area contributed by atoms with Crippen LogP contribution in [0.15, 0.2) is 24.3 Å². The zero-order valence-electron chi connectivity index (χ0n) is 12.8. The maximum Gasteiger partial charge on any atom is 0.237 e. The van der Waals surface area contributed by atoms with Crippen LogP contribution in [0.25, 0.3) is 0 Å². The highest BCUT2D eigenvalue weighted by Gasteiger charge is 2.44. The largest absolute Gasteiger partial charge is 0.354 e. The summed E-state index contributed by atoms with van der Waals surface area (Å²) < 4.78 is 0. The molecule has 1 saturated carbocycles. The number of amides is 1. The summed E-state index contributed by atoms with van der Waals surface area (Å²) in [6.45, 7) is 6.58. The molecule has 3 N–H and O–H groups in total. The second-order valence-electron chi connectivity index (χ2n) is 6.85. The van der Waals surface area contributed by atoms with Crippen molar-refractivity contribution < 1.29 is 4.79 Å². The molecule has 1 aliphatic rings. The summed E-state index contributed by atoms with van der Waals surface area (Å²) in [5.41, 5.74) is 7.08. The maximum absolute atomic E-state index is 12.1. The monoisotopic (exact) mass is 330 g/mol. The summed E-state index contributed by atoms with van der Waals surface area (Å²) >= 11 is 5.92. The standard InChI is InChI=1S/C16H23ClN2O.ClH/c1-15(2,3)13(18)14(20)19-10-16(8-9-16)11-4-6-12(17)7-5-11;/h4-7,13H,8-10,18H2,1-3H3,(H,19,20);1H/t13-;/m1./s1. The van der Waals surface area contributed by atoms with Crippen LogP contribution in [0.4, 0.5) is 0 Å². The van der Waals surface area contributed by atoms with Gasteiger partial charge < -0.3 is 11.1 Å². The zero-order chi connectivity index (χ0) is 15.0. The van der Waals surface area contributed by atoms with E-state index >= 15 is 0 Å². The molecule has 1 atom stereocenters. The van der Waals surface area contributed by atoms with Crippen LogP contribution in [0, 0.1) is 5.41 Å². The van der Waals surface area contributed by atoms with Crippen molar-refractivity contribution in [1.82, 2.24) is 5.32 Å². The van der Waals surface area contributed by atoms with Crippen molar-refractivity contribution in [2.75, 3.05) is 6.54 Å². The second kappa shape index (κ2) is 6.55. The van der Waals surface area contributed by atoms with Gasteiger partial charge in [-0.1, -0.05) is 44.5 Å². The minimum Gasteiger partial charge on any atom is -0.354 e. The van der Waals surface area contributed by atoms with E-state index in [0.717, 1.165) is 17.9 Å². The zero-order valence-corrected chi connectivity index (χ0v) is 14.4. The van der Waals surface area contributed by atoms with E-state index in [1.807, 2.05) is 45.0 Å². The van der Waals surface area contributed by atoms with E-state index in [1.165, 1.54) is 5.56 Å². The number of benzene rings is 1. The fraction of sp³-hybridized carbons (Fsp3) is 0.562. The number of carbonyl (C=O) groups is 1. The van der Waals surface area contributed by atoms with Crippen LogP contribution in [0.5, 0.6) is 0 Å². The molecule has 1 fully saturated rings. The second-order valence-corrected chi connectivity index (χ2v) is 7.29. The van der Waals surface area contributed by atoms with Gasteiger partial charge in [-0.2, -0.15) is 0 Å². The van der Waals surface area contributed by atoms with Gasteiger partial charge in [-0.05, 0) is 36.0 Å². The van der Waals surface area contributed by atoms with E-state index in [1.54, 1.807) is 0 Å². The molecule has 0 aliphatic heterocycles. The maximum atomic E-state index is 12.1. The molecule has 0 saturated heterocycles. The quantitative estimate of drug-likeness (QED) is 0.890. The lowest BCUT2D eigenvalue weighted by Gasteiger charge is -2.27. The minimum atomic E-state index is -0.483. The number of hydrogen-bond acceptors (Lipinski definition) is 2. The highest BCUT2D eigenvalue weighted by atomic mass is 35.5. The highest BCUT2D eigenvalue weighted by molar-refractivity contribution is 6.30. The first-order valence-electron chi connectivity index (χ1n) is 7.04. The third kappa shape index (κ3) is 4.35. The van der Waals surface area contributed by atoms with E-state index in [0.29, 0.717) is 6.54 Å². The Hall–Kier alpha value is -0.770. The van der Waals surface area contributed by atoms with Gasteiger partial charge in [0.25, 0.3) is 0 Å². The van der Waals surface area contributed by atoms with E-state index in [4.69, 9.17) is 17.3 Å². The molecule has 1 aromatic rings. The number of hydrogen-bond donors (Lipinski definition) is 2. The predicted octanol–water partition coefficient (Wildman–Crippen LogP) is 3.28. The van der Waals surface area contributed by atoms with Crippen LogP contribution < -0.4 is 11.1 Å². The molecule has 0 radical (unpaired) electrons. The van der Waals surface area contributed by atoms with E-state index < -0.39 is 6.04 Å². The van der Waals surface area contributed by atoms with Crippen LogP contribution in [0.2, 0.25) is 5.02 Å². The first-order valence-corrected chi connectivity index (χ1v) is 7.42. The van der Waals surface area contributed by atoms with Crippen molar-refractivity contribution in [1.29, 1.82) is 0 Å². The molecule has 1 aliphatic carbocycles. The lowest BCUT2D eigenvalue weighted by molar-refractivity contribution is -0.124. The Bertz CT molecular complexity index is 490. The van der Waals surface area contributed by atoms with Crippen LogP contribution >= 0.6 is 24.0 Å². The lowest BCUT2D eigenvalue weighted by Crippen LogP contribution is -2.50. The smallest absolute Gasteiger partial charge is 0.237 e. The Kier molecular flexibility index (Phi) is 5.70. The average Bonchev–Trinajstić information content (AvgIpc) is 3.16. The van der Waals surface area contributed by atoms with Crippen molar-refractivity contribution in [3.05, 3.63) is 34.9 Å². The Morgan fingerprint density at radius 3 is 2.29 bits per heavy atom. The third-order valence-electron chi connectivity index (χ3n) is 4.13. The molecular weight excluding hydrogens is 307 g/mol. The van der Waals surface area contributed by atoms with Gasteiger partial charge in [-0.3, -0.25) is 4.79 Å². The molecule has 0 heterocycles. The van der Waals surface area contributed by atoms with Crippen molar-refractivity contribution >= 4 is 29.9 Å².